The molecule has 0 amide bonds. The molecule has 0 saturated heterocycles. The van der Waals surface area contributed by atoms with E-state index in [1.165, 1.54) is 0 Å². The van der Waals surface area contributed by atoms with Gasteiger partial charge in [-0.05, 0) is 32.1 Å². The van der Waals surface area contributed by atoms with E-state index in [2.05, 4.69) is 24.0 Å². The molecule has 0 saturated carbocycles. The molecule has 2 N–H and O–H groups in total. The second-order valence-corrected chi connectivity index (χ2v) is 5.30. The predicted molar refractivity (Wildman–Crippen MR) is 89.8 cm³/mol. The third kappa shape index (κ3) is 15.0. The maximum absolute atomic E-state index is 10.3. The molecule has 0 aromatic heterocycles. The molecule has 126 valence electrons. The first-order valence-electron chi connectivity index (χ1n) is 8.21. The summed E-state index contributed by atoms with van der Waals surface area (Å²) in [6, 6.07) is 0. The van der Waals surface area contributed by atoms with E-state index in [9.17, 15) is 4.79 Å². The van der Waals surface area contributed by atoms with E-state index < -0.39 is 5.97 Å². The first-order chi connectivity index (χ1) is 10.7. The second-order valence-electron chi connectivity index (χ2n) is 5.30. The van der Waals surface area contributed by atoms with Gasteiger partial charge in [-0.3, -0.25) is 10.1 Å². The molecule has 0 aromatic rings. The van der Waals surface area contributed by atoms with Crippen LogP contribution in [-0.4, -0.2) is 22.4 Å². The zero-order valence-corrected chi connectivity index (χ0v) is 13.6. The minimum absolute atomic E-state index is 0.221. The Morgan fingerprint density at radius 3 is 2.59 bits per heavy atom. The number of hydrogen-bond donors (Lipinski definition) is 2. The number of carboxylic acid groups (broad SMARTS) is 1. The lowest BCUT2D eigenvalue weighted by atomic mass is 10.1. The molecule has 22 heavy (non-hydrogen) atoms. The molecule has 0 spiro atoms. The smallest absolute Gasteiger partial charge is 0.303 e. The van der Waals surface area contributed by atoms with Crippen LogP contribution in [0.1, 0.15) is 64.7 Å². The fourth-order valence-electron chi connectivity index (χ4n) is 1.96. The number of unbranched alkanes of at least 4 members (excludes halogenated alkanes) is 4. The zero-order valence-electron chi connectivity index (χ0n) is 13.6. The summed E-state index contributed by atoms with van der Waals surface area (Å²) < 4.78 is 0. The SMILES string of the molecule is CCCCC[C@@H](C=CC=CCC=CCCCCC(=O)O)OO. The van der Waals surface area contributed by atoms with Crippen molar-refractivity contribution in [2.45, 2.75) is 70.8 Å². The van der Waals surface area contributed by atoms with Crippen LogP contribution >= 0.6 is 0 Å². The highest BCUT2D eigenvalue weighted by atomic mass is 17.1. The lowest BCUT2D eigenvalue weighted by Gasteiger charge is -2.07. The minimum atomic E-state index is -0.724. The Hall–Kier alpha value is -1.39. The number of allylic oxidation sites excluding steroid dienone is 5. The van der Waals surface area contributed by atoms with Gasteiger partial charge in [-0.1, -0.05) is 62.6 Å². The van der Waals surface area contributed by atoms with Crippen LogP contribution in [-0.2, 0) is 9.68 Å². The van der Waals surface area contributed by atoms with Crippen LogP contribution in [0.15, 0.2) is 36.5 Å². The second kappa shape index (κ2) is 16.0. The Balaban J connectivity index is 3.66. The minimum Gasteiger partial charge on any atom is -0.481 e. The van der Waals surface area contributed by atoms with Crippen molar-refractivity contribution in [3.63, 3.8) is 0 Å². The van der Waals surface area contributed by atoms with E-state index in [1.54, 1.807) is 0 Å². The molecule has 0 rings (SSSR count). The first-order valence-corrected chi connectivity index (χ1v) is 8.21. The average Bonchev–Trinajstić information content (AvgIpc) is 2.50. The van der Waals surface area contributed by atoms with Gasteiger partial charge in [0.2, 0.25) is 0 Å². The zero-order chi connectivity index (χ0) is 16.5. The monoisotopic (exact) mass is 310 g/mol. The Labute approximate surface area is 134 Å². The largest absolute Gasteiger partial charge is 0.481 e. The van der Waals surface area contributed by atoms with Gasteiger partial charge in [0.15, 0.2) is 0 Å². The van der Waals surface area contributed by atoms with Crippen molar-refractivity contribution >= 4 is 5.97 Å². The van der Waals surface area contributed by atoms with Crippen molar-refractivity contribution in [1.29, 1.82) is 0 Å². The summed E-state index contributed by atoms with van der Waals surface area (Å²) in [5.74, 6) is -0.724. The molecular weight excluding hydrogens is 280 g/mol. The Kier molecular flexibility index (Phi) is 15.0. The highest BCUT2D eigenvalue weighted by Crippen LogP contribution is 2.07. The Morgan fingerprint density at radius 1 is 1.09 bits per heavy atom. The van der Waals surface area contributed by atoms with Crippen molar-refractivity contribution in [1.82, 2.24) is 0 Å². The summed E-state index contributed by atoms with van der Waals surface area (Å²) in [6.45, 7) is 2.15. The normalized spacial score (nSPS) is 13.5. The lowest BCUT2D eigenvalue weighted by Crippen LogP contribution is -2.06. The van der Waals surface area contributed by atoms with Gasteiger partial charge in [0.05, 0.1) is 0 Å². The van der Waals surface area contributed by atoms with Crippen molar-refractivity contribution in [2.75, 3.05) is 0 Å². The maximum Gasteiger partial charge on any atom is 0.303 e. The molecule has 0 fully saturated rings. The molecule has 0 aliphatic rings. The van der Waals surface area contributed by atoms with E-state index in [4.69, 9.17) is 10.4 Å². The average molecular weight is 310 g/mol. The summed E-state index contributed by atoms with van der Waals surface area (Å²) in [4.78, 5) is 14.7. The summed E-state index contributed by atoms with van der Waals surface area (Å²) in [5.41, 5.74) is 0. The fraction of sp³-hybridized carbons (Fsp3) is 0.611. The van der Waals surface area contributed by atoms with Gasteiger partial charge in [-0.25, -0.2) is 4.89 Å². The van der Waals surface area contributed by atoms with E-state index in [0.29, 0.717) is 0 Å². The van der Waals surface area contributed by atoms with E-state index in [0.717, 1.165) is 51.4 Å². The Morgan fingerprint density at radius 2 is 1.91 bits per heavy atom. The van der Waals surface area contributed by atoms with Crippen LogP contribution in [0, 0.1) is 0 Å². The van der Waals surface area contributed by atoms with Crippen LogP contribution in [0.25, 0.3) is 0 Å². The molecule has 0 radical (unpaired) electrons. The topological polar surface area (TPSA) is 66.8 Å². The number of hydrogen-bond acceptors (Lipinski definition) is 3. The molecule has 4 heteroatoms. The summed E-state index contributed by atoms with van der Waals surface area (Å²) >= 11 is 0. The van der Waals surface area contributed by atoms with Crippen molar-refractivity contribution in [3.8, 4) is 0 Å². The molecule has 0 aromatic carbocycles. The molecule has 4 nitrogen and oxygen atoms in total. The quantitative estimate of drug-likeness (QED) is 0.153. The fourth-order valence-corrected chi connectivity index (χ4v) is 1.96. The van der Waals surface area contributed by atoms with Crippen LogP contribution < -0.4 is 0 Å². The van der Waals surface area contributed by atoms with Gasteiger partial charge in [0.1, 0.15) is 6.10 Å². The molecule has 0 aliphatic heterocycles. The highest BCUT2D eigenvalue weighted by Gasteiger charge is 2.02. The highest BCUT2D eigenvalue weighted by molar-refractivity contribution is 5.66. The van der Waals surface area contributed by atoms with Gasteiger partial charge in [-0.15, -0.1) is 0 Å². The molecule has 1 atom stereocenters. The van der Waals surface area contributed by atoms with Gasteiger partial charge < -0.3 is 5.11 Å². The number of carboxylic acids is 1. The third-order valence-electron chi connectivity index (χ3n) is 3.25. The number of aliphatic carboxylic acids is 1. The Bertz CT molecular complexity index is 345. The lowest BCUT2D eigenvalue weighted by molar-refractivity contribution is -0.267. The summed E-state index contributed by atoms with van der Waals surface area (Å²) in [7, 11) is 0. The van der Waals surface area contributed by atoms with Crippen LogP contribution in [0.4, 0.5) is 0 Å². The van der Waals surface area contributed by atoms with Gasteiger partial charge in [0, 0.05) is 6.42 Å². The van der Waals surface area contributed by atoms with Crippen molar-refractivity contribution in [2.24, 2.45) is 0 Å². The summed E-state index contributed by atoms with van der Waals surface area (Å²) in [5, 5.41) is 17.3. The summed E-state index contributed by atoms with van der Waals surface area (Å²) in [6.07, 6.45) is 19.6. The molecular formula is C18H30O4. The van der Waals surface area contributed by atoms with Crippen LogP contribution in [0.5, 0.6) is 0 Å². The first kappa shape index (κ1) is 20.6. The van der Waals surface area contributed by atoms with E-state index in [-0.39, 0.29) is 12.5 Å². The van der Waals surface area contributed by atoms with Gasteiger partial charge in [-0.2, -0.15) is 0 Å². The van der Waals surface area contributed by atoms with Crippen LogP contribution in [0.3, 0.4) is 0 Å². The number of carbonyl (C=O) groups is 1. The molecule has 0 unspecified atom stereocenters. The van der Waals surface area contributed by atoms with Crippen molar-refractivity contribution in [3.05, 3.63) is 36.5 Å². The molecule has 0 heterocycles. The van der Waals surface area contributed by atoms with E-state index >= 15 is 0 Å². The van der Waals surface area contributed by atoms with E-state index in [1.807, 2.05) is 24.3 Å². The molecule has 0 aliphatic carbocycles. The number of rotatable bonds is 14. The third-order valence-corrected chi connectivity index (χ3v) is 3.25. The van der Waals surface area contributed by atoms with Gasteiger partial charge in [0.25, 0.3) is 0 Å². The van der Waals surface area contributed by atoms with Crippen LogP contribution in [0.2, 0.25) is 0 Å². The maximum atomic E-state index is 10.3. The standard InChI is InChI=1S/C18H30O4/c1-2-3-11-14-17(22-21)15-12-9-7-5-4-6-8-10-13-16-18(19)20/h4,6-7,9,12,15,17,21H,2-3,5,8,10-11,13-14,16H2,1H3,(H,19,20)/t17-/m0/s1. The predicted octanol–water partition coefficient (Wildman–Crippen LogP) is 5.13. The van der Waals surface area contributed by atoms with Crippen molar-refractivity contribution < 1.29 is 20.0 Å². The van der Waals surface area contributed by atoms with Gasteiger partial charge >= 0.3 is 5.97 Å². The molecule has 0 bridgehead atoms.